The number of rotatable bonds is 1. The van der Waals surface area contributed by atoms with Crippen LogP contribution in [0.1, 0.15) is 12.6 Å². The highest BCUT2D eigenvalue weighted by atomic mass is 79.9. The maximum Gasteiger partial charge on any atom is 0.106 e. The zero-order valence-electron chi connectivity index (χ0n) is 5.76. The Bertz CT molecular complexity index is 255. The molecule has 0 unspecified atom stereocenters. The van der Waals surface area contributed by atoms with Crippen LogP contribution in [0, 0.1) is 0 Å². The van der Waals surface area contributed by atoms with Gasteiger partial charge in [-0.15, -0.1) is 0 Å². The summed E-state index contributed by atoms with van der Waals surface area (Å²) in [6.45, 7) is 5.72. The quantitative estimate of drug-likeness (QED) is 0.632. The van der Waals surface area contributed by atoms with E-state index in [1.807, 2.05) is 25.1 Å². The van der Waals surface area contributed by atoms with Crippen LogP contribution in [0.2, 0.25) is 0 Å². The predicted molar refractivity (Wildman–Crippen MR) is 46.6 cm³/mol. The summed E-state index contributed by atoms with van der Waals surface area (Å²) in [5.74, 6) is 0. The van der Waals surface area contributed by atoms with Gasteiger partial charge in [-0.05, 0) is 40.6 Å². The average Bonchev–Trinajstić information content (AvgIpc) is 1.88. The summed E-state index contributed by atoms with van der Waals surface area (Å²) in [7, 11) is 0. The number of pyridine rings is 1. The Morgan fingerprint density at radius 2 is 2.30 bits per heavy atom. The molecule has 0 spiro atoms. The highest BCUT2D eigenvalue weighted by Crippen LogP contribution is 2.11. The van der Waals surface area contributed by atoms with Crippen molar-refractivity contribution < 1.29 is 0 Å². The lowest BCUT2D eigenvalue weighted by molar-refractivity contribution is 1.23. The Balaban J connectivity index is 3.07. The molecule has 52 valence electrons. The van der Waals surface area contributed by atoms with Crippen LogP contribution in [-0.2, 0) is 0 Å². The van der Waals surface area contributed by atoms with Gasteiger partial charge in [0.2, 0.25) is 0 Å². The number of aromatic nitrogens is 1. The van der Waals surface area contributed by atoms with Crippen molar-refractivity contribution in [1.29, 1.82) is 0 Å². The molecule has 0 aliphatic rings. The summed E-state index contributed by atoms with van der Waals surface area (Å²) in [4.78, 5) is 4.19. The van der Waals surface area contributed by atoms with Crippen molar-refractivity contribution in [1.82, 2.24) is 4.98 Å². The van der Waals surface area contributed by atoms with Crippen LogP contribution in [0.4, 0.5) is 0 Å². The van der Waals surface area contributed by atoms with E-state index in [2.05, 4.69) is 27.5 Å². The first-order chi connectivity index (χ1) is 4.70. The Labute approximate surface area is 68.9 Å². The zero-order valence-corrected chi connectivity index (χ0v) is 7.35. The fourth-order valence-electron chi connectivity index (χ4n) is 0.646. The van der Waals surface area contributed by atoms with Crippen molar-refractivity contribution in [3.63, 3.8) is 0 Å². The van der Waals surface area contributed by atoms with Crippen LogP contribution in [0.3, 0.4) is 0 Å². The molecule has 1 nitrogen and oxygen atoms in total. The van der Waals surface area contributed by atoms with Gasteiger partial charge in [0.1, 0.15) is 4.60 Å². The molecule has 0 atom stereocenters. The van der Waals surface area contributed by atoms with Crippen LogP contribution < -0.4 is 0 Å². The number of allylic oxidation sites excluding steroid dienone is 1. The standard InChI is InChI=1S/C8H8BrN/c1-6(2)7-4-3-5-8(9)10-7/h3-5H,1H2,2H3. The molecule has 1 aromatic rings. The molecule has 0 saturated carbocycles. The molecule has 0 fully saturated rings. The normalized spacial score (nSPS) is 9.40. The topological polar surface area (TPSA) is 12.9 Å². The summed E-state index contributed by atoms with van der Waals surface area (Å²) in [5.41, 5.74) is 1.93. The number of halogens is 1. The second-order valence-corrected chi connectivity index (χ2v) is 2.94. The summed E-state index contributed by atoms with van der Waals surface area (Å²) in [5, 5.41) is 0. The fourth-order valence-corrected chi connectivity index (χ4v) is 0.990. The lowest BCUT2D eigenvalue weighted by atomic mass is 10.2. The van der Waals surface area contributed by atoms with E-state index in [1.165, 1.54) is 0 Å². The molecule has 0 aromatic carbocycles. The van der Waals surface area contributed by atoms with Crippen LogP contribution >= 0.6 is 15.9 Å². The lowest BCUT2D eigenvalue weighted by Crippen LogP contribution is -1.83. The highest BCUT2D eigenvalue weighted by Gasteiger charge is 1.93. The van der Waals surface area contributed by atoms with Gasteiger partial charge in [-0.25, -0.2) is 4.98 Å². The SMILES string of the molecule is C=C(C)c1cccc(Br)n1. The highest BCUT2D eigenvalue weighted by molar-refractivity contribution is 9.10. The largest absolute Gasteiger partial charge is 0.241 e. The third-order valence-corrected chi connectivity index (χ3v) is 1.59. The van der Waals surface area contributed by atoms with Crippen LogP contribution in [0.5, 0.6) is 0 Å². The van der Waals surface area contributed by atoms with Crippen molar-refractivity contribution >= 4 is 21.5 Å². The van der Waals surface area contributed by atoms with Crippen LogP contribution in [-0.4, -0.2) is 4.98 Å². The molecular weight excluding hydrogens is 190 g/mol. The van der Waals surface area contributed by atoms with Crippen molar-refractivity contribution in [3.8, 4) is 0 Å². The predicted octanol–water partition coefficient (Wildman–Crippen LogP) is 2.88. The molecule has 0 amide bonds. The van der Waals surface area contributed by atoms with E-state index in [9.17, 15) is 0 Å². The number of hydrogen-bond acceptors (Lipinski definition) is 1. The maximum absolute atomic E-state index is 4.19. The lowest BCUT2D eigenvalue weighted by Gasteiger charge is -1.96. The smallest absolute Gasteiger partial charge is 0.106 e. The Hall–Kier alpha value is -0.630. The second-order valence-electron chi connectivity index (χ2n) is 2.13. The van der Waals surface area contributed by atoms with Gasteiger partial charge >= 0.3 is 0 Å². The molecule has 0 aliphatic heterocycles. The molecule has 2 heteroatoms. The maximum atomic E-state index is 4.19. The first-order valence-electron chi connectivity index (χ1n) is 2.98. The molecule has 10 heavy (non-hydrogen) atoms. The van der Waals surface area contributed by atoms with Gasteiger partial charge in [0.05, 0.1) is 5.69 Å². The molecule has 1 aromatic heterocycles. The molecular formula is C8H8BrN. The third-order valence-electron chi connectivity index (χ3n) is 1.15. The summed E-state index contributed by atoms with van der Waals surface area (Å²) in [6.07, 6.45) is 0. The molecule has 0 bridgehead atoms. The van der Waals surface area contributed by atoms with Gasteiger partial charge in [-0.1, -0.05) is 12.6 Å². The molecule has 0 N–H and O–H groups in total. The van der Waals surface area contributed by atoms with Crippen molar-refractivity contribution in [2.45, 2.75) is 6.92 Å². The van der Waals surface area contributed by atoms with Crippen LogP contribution in [0.25, 0.3) is 5.57 Å². The van der Waals surface area contributed by atoms with E-state index in [1.54, 1.807) is 0 Å². The molecule has 0 aliphatic carbocycles. The fraction of sp³-hybridized carbons (Fsp3) is 0.125. The first kappa shape index (κ1) is 7.48. The molecule has 0 radical (unpaired) electrons. The minimum absolute atomic E-state index is 0.855. The van der Waals surface area contributed by atoms with E-state index in [4.69, 9.17) is 0 Å². The summed E-state index contributed by atoms with van der Waals surface area (Å²) < 4.78 is 0.855. The van der Waals surface area contributed by atoms with E-state index >= 15 is 0 Å². The minimum atomic E-state index is 0.855. The van der Waals surface area contributed by atoms with E-state index in [0.717, 1.165) is 15.9 Å². The van der Waals surface area contributed by atoms with Crippen molar-refractivity contribution in [3.05, 3.63) is 35.1 Å². The van der Waals surface area contributed by atoms with Gasteiger partial charge in [0.15, 0.2) is 0 Å². The molecule has 0 saturated heterocycles. The van der Waals surface area contributed by atoms with Crippen molar-refractivity contribution in [2.24, 2.45) is 0 Å². The number of nitrogens with zero attached hydrogens (tertiary/aromatic N) is 1. The van der Waals surface area contributed by atoms with Crippen molar-refractivity contribution in [2.75, 3.05) is 0 Å². The van der Waals surface area contributed by atoms with Gasteiger partial charge in [-0.2, -0.15) is 0 Å². The minimum Gasteiger partial charge on any atom is -0.241 e. The monoisotopic (exact) mass is 197 g/mol. The molecule has 1 rings (SSSR count). The van der Waals surface area contributed by atoms with Gasteiger partial charge in [0, 0.05) is 0 Å². The van der Waals surface area contributed by atoms with E-state index < -0.39 is 0 Å². The Morgan fingerprint density at radius 3 is 2.70 bits per heavy atom. The summed E-state index contributed by atoms with van der Waals surface area (Å²) in [6, 6.07) is 5.78. The summed E-state index contributed by atoms with van der Waals surface area (Å²) >= 11 is 3.28. The average molecular weight is 198 g/mol. The third kappa shape index (κ3) is 1.67. The van der Waals surface area contributed by atoms with E-state index in [-0.39, 0.29) is 0 Å². The Kier molecular flexibility index (Phi) is 2.22. The number of hydrogen-bond donors (Lipinski definition) is 0. The van der Waals surface area contributed by atoms with E-state index in [0.29, 0.717) is 0 Å². The Morgan fingerprint density at radius 1 is 1.60 bits per heavy atom. The first-order valence-corrected chi connectivity index (χ1v) is 3.78. The second kappa shape index (κ2) is 2.97. The molecule has 1 heterocycles. The van der Waals surface area contributed by atoms with Gasteiger partial charge in [0.25, 0.3) is 0 Å². The van der Waals surface area contributed by atoms with Gasteiger partial charge in [-0.3, -0.25) is 0 Å². The zero-order chi connectivity index (χ0) is 7.56. The van der Waals surface area contributed by atoms with Gasteiger partial charge < -0.3 is 0 Å². The van der Waals surface area contributed by atoms with Crippen LogP contribution in [0.15, 0.2) is 29.4 Å².